The molecule has 5 saturated heterocycles. The number of ether oxygens (including phenoxy) is 14. The smallest absolute Gasteiger partial charge is 0.203 e. The van der Waals surface area contributed by atoms with Crippen LogP contribution in [0.2, 0.25) is 16.6 Å². The van der Waals surface area contributed by atoms with Crippen molar-refractivity contribution in [3.05, 3.63) is 215 Å². The van der Waals surface area contributed by atoms with Gasteiger partial charge in [0.05, 0.1) is 83.9 Å². The van der Waals surface area contributed by atoms with E-state index in [1.807, 2.05) is 153 Å². The SMILES string of the molecule is CC1O[C@@H](O[Si](C(C)C)(C(C)C)C(C)C)[C@@H](C)C(O[C@@H]2OC(COCc3ccccc3)[C@@H](OCc3ccccc3)C(OCc3ccccc3)[C@H]2C)[C@H]1O[C@@H]1OC[C@@H](C)C(O[C@@H]2OC[C@]3(COCc4ccccc4)O[C@@H](c4ccccc4)OC23)[C@H]1OCc1ccccc1. The highest BCUT2D eigenvalue weighted by Crippen LogP contribution is 2.49. The molecule has 5 aliphatic heterocycles. The molecular formula is C76H98O15Si. The van der Waals surface area contributed by atoms with Crippen molar-refractivity contribution in [2.75, 3.05) is 26.4 Å². The summed E-state index contributed by atoms with van der Waals surface area (Å²) >= 11 is 0. The second-order valence-corrected chi connectivity index (χ2v) is 32.2. The number of fused-ring (bicyclic) bond motifs is 1. The molecule has 11 rings (SSSR count). The zero-order chi connectivity index (χ0) is 64.2. The van der Waals surface area contributed by atoms with Crippen molar-refractivity contribution in [2.45, 2.75) is 211 Å². The van der Waals surface area contributed by atoms with E-state index in [9.17, 15) is 0 Å². The van der Waals surface area contributed by atoms with E-state index in [1.165, 1.54) is 0 Å². The summed E-state index contributed by atoms with van der Waals surface area (Å²) in [5.41, 5.74) is 5.91. The summed E-state index contributed by atoms with van der Waals surface area (Å²) in [7, 11) is -2.56. The maximum Gasteiger partial charge on any atom is 0.203 e. The summed E-state index contributed by atoms with van der Waals surface area (Å²) in [5, 5.41) is 0. The van der Waals surface area contributed by atoms with Crippen molar-refractivity contribution in [2.24, 2.45) is 17.8 Å². The predicted molar refractivity (Wildman–Crippen MR) is 352 cm³/mol. The van der Waals surface area contributed by atoms with E-state index < -0.39 is 106 Å². The molecule has 496 valence electrons. The first-order chi connectivity index (χ1) is 44.7. The van der Waals surface area contributed by atoms with E-state index in [0.717, 1.165) is 33.4 Å². The molecule has 5 aliphatic rings. The molecule has 0 amide bonds. The van der Waals surface area contributed by atoms with Gasteiger partial charge in [-0.3, -0.25) is 0 Å². The Morgan fingerprint density at radius 3 is 1.42 bits per heavy atom. The molecule has 5 heterocycles. The lowest BCUT2D eigenvalue weighted by Crippen LogP contribution is -2.64. The molecule has 0 radical (unpaired) electrons. The molecule has 18 atom stereocenters. The zero-order valence-corrected chi connectivity index (χ0v) is 56.4. The monoisotopic (exact) mass is 1280 g/mol. The summed E-state index contributed by atoms with van der Waals surface area (Å²) in [6.07, 6.45) is -9.82. The van der Waals surface area contributed by atoms with Crippen molar-refractivity contribution in [3.63, 3.8) is 0 Å². The van der Waals surface area contributed by atoms with Gasteiger partial charge in [-0.25, -0.2) is 0 Å². The van der Waals surface area contributed by atoms with Crippen LogP contribution in [0.1, 0.15) is 109 Å². The Labute approximate surface area is 546 Å². The van der Waals surface area contributed by atoms with Crippen LogP contribution in [-0.2, 0) is 104 Å². The van der Waals surface area contributed by atoms with Crippen LogP contribution >= 0.6 is 0 Å². The van der Waals surface area contributed by atoms with Crippen LogP contribution in [-0.4, -0.2) is 120 Å². The summed E-state index contributed by atoms with van der Waals surface area (Å²) in [6, 6.07) is 60.8. The Kier molecular flexibility index (Phi) is 23.9. The average Bonchev–Trinajstić information content (AvgIpc) is 1.49. The quantitative estimate of drug-likeness (QED) is 0.0411. The highest BCUT2D eigenvalue weighted by molar-refractivity contribution is 6.77. The minimum atomic E-state index is -2.56. The molecule has 16 heteroatoms. The van der Waals surface area contributed by atoms with E-state index in [-0.39, 0.29) is 61.5 Å². The fourth-order valence-electron chi connectivity index (χ4n) is 14.3. The van der Waals surface area contributed by atoms with Gasteiger partial charge in [0.25, 0.3) is 0 Å². The third-order valence-corrected chi connectivity index (χ3v) is 25.3. The topological polar surface area (TPSA) is 138 Å². The maximum atomic E-state index is 7.71. The highest BCUT2D eigenvalue weighted by atomic mass is 28.4. The molecule has 15 nitrogen and oxygen atoms in total. The molecule has 6 aromatic rings. The van der Waals surface area contributed by atoms with Crippen LogP contribution in [0.25, 0.3) is 0 Å². The molecule has 6 aromatic carbocycles. The zero-order valence-electron chi connectivity index (χ0n) is 55.4. The standard InChI is InChI=1S/C76H98O15Si/c1-50(2)92(51(3)4,52(5)6)91-72-55(9)66(87-71-54(8)65(79-44-59-33-21-13-22-34-59)68(80-45-60-35-23-14-24-36-60)63(85-71)47-77-42-57-29-17-11-18-30-57)67(56(10)84-72)88-74-69(81-46-61-37-25-15-26-38-61)64(53(7)41-82-74)86-75-70-76(49-83-75,48-78-43-58-31-19-12-20-32-58)90-73(89-70)62-39-27-16-28-40-62/h11-40,50-56,63-75H,41-49H2,1-10H3/t53-,54-,55+,56?,63?,64?,65?,66?,67+,68-,69-,70?,71+,72+,73+,74+,75+,76+/m1/s1. The Bertz CT molecular complexity index is 3080. The van der Waals surface area contributed by atoms with Crippen LogP contribution in [0.3, 0.4) is 0 Å². The fraction of sp³-hybridized carbons (Fsp3) is 0.526. The van der Waals surface area contributed by atoms with Crippen LogP contribution in [0.4, 0.5) is 0 Å². The fourth-order valence-corrected chi connectivity index (χ4v) is 19.8. The molecule has 0 N–H and O–H groups in total. The number of benzene rings is 6. The predicted octanol–water partition coefficient (Wildman–Crippen LogP) is 14.5. The lowest BCUT2D eigenvalue weighted by Gasteiger charge is -2.53. The normalized spacial score (nSPS) is 31.7. The van der Waals surface area contributed by atoms with Crippen LogP contribution in [0.15, 0.2) is 182 Å². The Hall–Kier alpha value is -5.06. The number of hydrogen-bond donors (Lipinski definition) is 0. The summed E-state index contributed by atoms with van der Waals surface area (Å²) in [4.78, 5) is 0. The van der Waals surface area contributed by atoms with Gasteiger partial charge in [0.15, 0.2) is 31.5 Å². The second-order valence-electron chi connectivity index (χ2n) is 26.8. The first kappa shape index (κ1) is 68.3. The third kappa shape index (κ3) is 16.2. The Balaban J connectivity index is 0.920. The van der Waals surface area contributed by atoms with Gasteiger partial charge in [0.1, 0.15) is 36.1 Å². The average molecular weight is 1280 g/mol. The van der Waals surface area contributed by atoms with Crippen molar-refractivity contribution < 1.29 is 70.7 Å². The molecule has 5 fully saturated rings. The van der Waals surface area contributed by atoms with Gasteiger partial charge in [-0.15, -0.1) is 0 Å². The van der Waals surface area contributed by atoms with Crippen molar-refractivity contribution in [1.82, 2.24) is 0 Å². The van der Waals surface area contributed by atoms with Crippen LogP contribution in [0, 0.1) is 17.8 Å². The maximum absolute atomic E-state index is 7.71. The van der Waals surface area contributed by atoms with Crippen molar-refractivity contribution in [3.8, 4) is 0 Å². The van der Waals surface area contributed by atoms with Gasteiger partial charge in [-0.2, -0.15) is 0 Å². The van der Waals surface area contributed by atoms with Gasteiger partial charge in [-0.05, 0) is 51.4 Å². The number of hydrogen-bond acceptors (Lipinski definition) is 15. The van der Waals surface area contributed by atoms with E-state index in [1.54, 1.807) is 0 Å². The van der Waals surface area contributed by atoms with E-state index >= 15 is 0 Å². The van der Waals surface area contributed by atoms with E-state index in [4.69, 9.17) is 70.7 Å². The van der Waals surface area contributed by atoms with Crippen LogP contribution < -0.4 is 0 Å². The summed E-state index contributed by atoms with van der Waals surface area (Å²) in [6.45, 7) is 24.8. The Morgan fingerprint density at radius 1 is 0.435 bits per heavy atom. The number of rotatable bonds is 29. The minimum Gasteiger partial charge on any atom is -0.391 e. The van der Waals surface area contributed by atoms with Gasteiger partial charge in [0.2, 0.25) is 8.32 Å². The molecule has 0 saturated carbocycles. The lowest BCUT2D eigenvalue weighted by molar-refractivity contribution is -0.370. The highest BCUT2D eigenvalue weighted by Gasteiger charge is 2.62. The third-order valence-electron chi connectivity index (χ3n) is 19.3. The molecular weight excluding hydrogens is 1180 g/mol. The second kappa shape index (κ2) is 32.1. The molecule has 92 heavy (non-hydrogen) atoms. The summed E-state index contributed by atoms with van der Waals surface area (Å²) < 4.78 is 106. The van der Waals surface area contributed by atoms with Crippen molar-refractivity contribution in [1.29, 1.82) is 0 Å². The van der Waals surface area contributed by atoms with Gasteiger partial charge in [0, 0.05) is 23.3 Å². The first-order valence-corrected chi connectivity index (χ1v) is 35.6. The van der Waals surface area contributed by atoms with Crippen molar-refractivity contribution >= 4 is 8.32 Å². The largest absolute Gasteiger partial charge is 0.391 e. The molecule has 0 aliphatic carbocycles. The van der Waals surface area contributed by atoms with Gasteiger partial charge >= 0.3 is 0 Å². The Morgan fingerprint density at radius 2 is 0.891 bits per heavy atom. The van der Waals surface area contributed by atoms with Crippen LogP contribution in [0.5, 0.6) is 0 Å². The van der Waals surface area contributed by atoms with E-state index in [2.05, 4.69) is 98.7 Å². The van der Waals surface area contributed by atoms with Gasteiger partial charge in [-0.1, -0.05) is 244 Å². The summed E-state index contributed by atoms with van der Waals surface area (Å²) in [5.74, 6) is -0.955. The van der Waals surface area contributed by atoms with Gasteiger partial charge < -0.3 is 70.7 Å². The lowest BCUT2D eigenvalue weighted by atomic mass is 9.89. The minimum absolute atomic E-state index is 0.179. The molecule has 6 unspecified atom stereocenters. The molecule has 0 bridgehead atoms. The van der Waals surface area contributed by atoms with E-state index in [0.29, 0.717) is 26.4 Å². The molecule has 0 aromatic heterocycles. The molecule has 0 spiro atoms. The first-order valence-electron chi connectivity index (χ1n) is 33.5.